The molecule has 1 saturated heterocycles. The first-order chi connectivity index (χ1) is 9.03. The third-order valence-corrected chi connectivity index (χ3v) is 3.20. The van der Waals surface area contributed by atoms with Crippen LogP contribution >= 0.6 is 0 Å². The zero-order valence-electron chi connectivity index (χ0n) is 10.2. The number of nitrogens with one attached hydrogen (secondary N) is 1. The van der Waals surface area contributed by atoms with Gasteiger partial charge in [0.05, 0.1) is 4.92 Å². The van der Waals surface area contributed by atoms with Gasteiger partial charge >= 0.3 is 5.97 Å². The molecule has 1 aromatic rings. The molecule has 2 rings (SSSR count). The predicted octanol–water partition coefficient (Wildman–Crippen LogP) is 1.64. The number of rotatable bonds is 4. The van der Waals surface area contributed by atoms with Crippen LogP contribution in [0.4, 0.5) is 11.4 Å². The van der Waals surface area contributed by atoms with Gasteiger partial charge in [-0.3, -0.25) is 10.1 Å². The topological polar surface area (TPSA) is 102 Å². The fourth-order valence-corrected chi connectivity index (χ4v) is 2.09. The molecule has 0 aliphatic carbocycles. The largest absolute Gasteiger partial charge is 0.480 e. The summed E-state index contributed by atoms with van der Waals surface area (Å²) < 4.78 is 5.16. The van der Waals surface area contributed by atoms with E-state index in [-0.39, 0.29) is 5.69 Å². The molecule has 7 nitrogen and oxygen atoms in total. The van der Waals surface area contributed by atoms with Gasteiger partial charge < -0.3 is 15.2 Å². The Kier molecular flexibility index (Phi) is 3.66. The Balaban J connectivity index is 2.24. The monoisotopic (exact) mass is 266 g/mol. The third kappa shape index (κ3) is 2.82. The Morgan fingerprint density at radius 1 is 1.42 bits per heavy atom. The van der Waals surface area contributed by atoms with Gasteiger partial charge in [0.1, 0.15) is 5.54 Å². The molecule has 1 aliphatic rings. The lowest BCUT2D eigenvalue weighted by Crippen LogP contribution is -2.50. The molecule has 0 radical (unpaired) electrons. The number of carboxylic acids is 1. The highest BCUT2D eigenvalue weighted by atomic mass is 16.6. The molecule has 0 aromatic heterocycles. The molecular weight excluding hydrogens is 252 g/mol. The summed E-state index contributed by atoms with van der Waals surface area (Å²) in [7, 11) is 0. The number of anilines is 1. The summed E-state index contributed by atoms with van der Waals surface area (Å²) in [6.45, 7) is 0.711. The van der Waals surface area contributed by atoms with Crippen molar-refractivity contribution in [1.29, 1.82) is 0 Å². The lowest BCUT2D eigenvalue weighted by atomic mass is 9.90. The fourth-order valence-electron chi connectivity index (χ4n) is 2.09. The van der Waals surface area contributed by atoms with Crippen molar-refractivity contribution in [1.82, 2.24) is 0 Å². The molecule has 7 heteroatoms. The number of benzene rings is 1. The number of nitro benzene ring substituents is 1. The number of non-ortho nitro benzene ring substituents is 1. The SMILES string of the molecule is O=C(O)C1(Nc2cccc([N+](=O)[O-])c2)CCOCC1. The molecular formula is C12H14N2O5. The second-order valence-corrected chi connectivity index (χ2v) is 4.43. The highest BCUT2D eigenvalue weighted by Gasteiger charge is 2.40. The maximum atomic E-state index is 11.4. The van der Waals surface area contributed by atoms with Crippen LogP contribution in [-0.2, 0) is 9.53 Å². The molecule has 0 saturated carbocycles. The van der Waals surface area contributed by atoms with Crippen molar-refractivity contribution >= 4 is 17.3 Å². The highest BCUT2D eigenvalue weighted by Crippen LogP contribution is 2.28. The molecule has 1 fully saturated rings. The molecule has 0 amide bonds. The zero-order chi connectivity index (χ0) is 13.9. The van der Waals surface area contributed by atoms with Gasteiger partial charge in [-0.25, -0.2) is 4.79 Å². The zero-order valence-corrected chi connectivity index (χ0v) is 10.2. The normalized spacial score (nSPS) is 17.7. The Hall–Kier alpha value is -2.15. The minimum absolute atomic E-state index is 0.0717. The van der Waals surface area contributed by atoms with Crippen LogP contribution in [0.2, 0.25) is 0 Å². The van der Waals surface area contributed by atoms with Crippen molar-refractivity contribution in [2.24, 2.45) is 0 Å². The lowest BCUT2D eigenvalue weighted by molar-refractivity contribution is -0.384. The average molecular weight is 266 g/mol. The Morgan fingerprint density at radius 2 is 2.11 bits per heavy atom. The van der Waals surface area contributed by atoms with Gasteiger partial charge in [0, 0.05) is 43.9 Å². The van der Waals surface area contributed by atoms with E-state index in [1.165, 1.54) is 18.2 Å². The van der Waals surface area contributed by atoms with Crippen molar-refractivity contribution < 1.29 is 19.6 Å². The Morgan fingerprint density at radius 3 is 2.68 bits per heavy atom. The van der Waals surface area contributed by atoms with E-state index in [9.17, 15) is 20.0 Å². The Labute approximate surface area is 109 Å². The summed E-state index contributed by atoms with van der Waals surface area (Å²) in [5.74, 6) is -0.970. The van der Waals surface area contributed by atoms with E-state index < -0.39 is 16.4 Å². The number of carboxylic acid groups (broad SMARTS) is 1. The van der Waals surface area contributed by atoms with E-state index in [0.717, 1.165) is 0 Å². The van der Waals surface area contributed by atoms with Crippen molar-refractivity contribution in [2.75, 3.05) is 18.5 Å². The first kappa shape index (κ1) is 13.3. The van der Waals surface area contributed by atoms with Gasteiger partial charge in [0.25, 0.3) is 5.69 Å². The van der Waals surface area contributed by atoms with Crippen LogP contribution in [0.3, 0.4) is 0 Å². The summed E-state index contributed by atoms with van der Waals surface area (Å²) in [5.41, 5.74) is -0.760. The van der Waals surface area contributed by atoms with Crippen LogP contribution < -0.4 is 5.32 Å². The number of nitro groups is 1. The van der Waals surface area contributed by atoms with Crippen LogP contribution in [-0.4, -0.2) is 34.8 Å². The number of hydrogen-bond donors (Lipinski definition) is 2. The average Bonchev–Trinajstić information content (AvgIpc) is 2.40. The molecule has 0 spiro atoms. The summed E-state index contributed by atoms with van der Waals surface area (Å²) >= 11 is 0. The maximum absolute atomic E-state index is 11.4. The van der Waals surface area contributed by atoms with Crippen LogP contribution in [0.15, 0.2) is 24.3 Å². The van der Waals surface area contributed by atoms with E-state index in [0.29, 0.717) is 31.7 Å². The molecule has 0 atom stereocenters. The number of ether oxygens (including phenoxy) is 1. The molecule has 1 aliphatic heterocycles. The fraction of sp³-hybridized carbons (Fsp3) is 0.417. The number of nitrogens with zero attached hydrogens (tertiary/aromatic N) is 1. The predicted molar refractivity (Wildman–Crippen MR) is 67.1 cm³/mol. The minimum atomic E-state index is -1.12. The summed E-state index contributed by atoms with van der Waals surface area (Å²) in [5, 5.41) is 23.0. The molecule has 1 aromatic carbocycles. The summed E-state index contributed by atoms with van der Waals surface area (Å²) in [6, 6.07) is 5.84. The number of aliphatic carboxylic acids is 1. The van der Waals surface area contributed by atoms with Gasteiger partial charge in [-0.15, -0.1) is 0 Å². The third-order valence-electron chi connectivity index (χ3n) is 3.20. The van der Waals surface area contributed by atoms with Crippen LogP contribution in [0.1, 0.15) is 12.8 Å². The molecule has 19 heavy (non-hydrogen) atoms. The second kappa shape index (κ2) is 5.23. The lowest BCUT2D eigenvalue weighted by Gasteiger charge is -2.34. The maximum Gasteiger partial charge on any atom is 0.329 e. The van der Waals surface area contributed by atoms with E-state index in [1.807, 2.05) is 0 Å². The van der Waals surface area contributed by atoms with Gasteiger partial charge in [0.15, 0.2) is 0 Å². The summed E-state index contributed by atoms with van der Waals surface area (Å²) in [4.78, 5) is 21.6. The quantitative estimate of drug-likeness (QED) is 0.634. The van der Waals surface area contributed by atoms with Crippen LogP contribution in [0.25, 0.3) is 0 Å². The minimum Gasteiger partial charge on any atom is -0.480 e. The molecule has 0 bridgehead atoms. The molecule has 0 unspecified atom stereocenters. The van der Waals surface area contributed by atoms with Crippen molar-refractivity contribution in [2.45, 2.75) is 18.4 Å². The van der Waals surface area contributed by atoms with Crippen LogP contribution in [0, 0.1) is 10.1 Å². The smallest absolute Gasteiger partial charge is 0.329 e. The van der Waals surface area contributed by atoms with Gasteiger partial charge in [0.2, 0.25) is 0 Å². The first-order valence-electron chi connectivity index (χ1n) is 5.87. The molecule has 2 N–H and O–H groups in total. The van der Waals surface area contributed by atoms with Crippen molar-refractivity contribution in [3.8, 4) is 0 Å². The van der Waals surface area contributed by atoms with Crippen molar-refractivity contribution in [3.05, 3.63) is 34.4 Å². The highest BCUT2D eigenvalue weighted by molar-refractivity contribution is 5.83. The van der Waals surface area contributed by atoms with Gasteiger partial charge in [-0.1, -0.05) is 6.07 Å². The Bertz CT molecular complexity index is 497. The number of carbonyl (C=O) groups is 1. The van der Waals surface area contributed by atoms with E-state index in [2.05, 4.69) is 5.32 Å². The van der Waals surface area contributed by atoms with E-state index in [4.69, 9.17) is 4.74 Å². The van der Waals surface area contributed by atoms with E-state index in [1.54, 1.807) is 6.07 Å². The second-order valence-electron chi connectivity index (χ2n) is 4.43. The first-order valence-corrected chi connectivity index (χ1v) is 5.87. The van der Waals surface area contributed by atoms with Crippen LogP contribution in [0.5, 0.6) is 0 Å². The van der Waals surface area contributed by atoms with E-state index >= 15 is 0 Å². The summed E-state index contributed by atoms with van der Waals surface area (Å²) in [6.07, 6.45) is 0.649. The number of hydrogen-bond acceptors (Lipinski definition) is 5. The van der Waals surface area contributed by atoms with Gasteiger partial charge in [-0.2, -0.15) is 0 Å². The van der Waals surface area contributed by atoms with Crippen molar-refractivity contribution in [3.63, 3.8) is 0 Å². The van der Waals surface area contributed by atoms with Gasteiger partial charge in [-0.05, 0) is 6.07 Å². The molecule has 1 heterocycles. The standard InChI is InChI=1S/C12H14N2O5/c15-11(16)12(4-6-19-7-5-12)13-9-2-1-3-10(8-9)14(17)18/h1-3,8,13H,4-7H2,(H,15,16). The molecule has 102 valence electrons.